The van der Waals surface area contributed by atoms with Crippen molar-refractivity contribution < 1.29 is 9.11 Å². The van der Waals surface area contributed by atoms with E-state index in [2.05, 4.69) is 13.6 Å². The second kappa shape index (κ2) is 3.15. The van der Waals surface area contributed by atoms with Crippen LogP contribution in [0.5, 0.6) is 0 Å². The summed E-state index contributed by atoms with van der Waals surface area (Å²) in [5, 5.41) is 0. The van der Waals surface area contributed by atoms with Crippen LogP contribution in [0.1, 0.15) is 0 Å². The predicted octanol–water partition coefficient (Wildman–Crippen LogP) is -0.206. The van der Waals surface area contributed by atoms with Gasteiger partial charge in [-0.2, -0.15) is 4.37 Å². The summed E-state index contributed by atoms with van der Waals surface area (Å²) in [5.41, 5.74) is 0. The molecule has 4 nitrogen and oxygen atoms in total. The molecule has 1 aromatic rings. The first-order valence-corrected chi connectivity index (χ1v) is 4.39. The van der Waals surface area contributed by atoms with E-state index in [0.717, 1.165) is 32.1 Å². The number of aromatic nitrogens is 2. The maximum Gasteiger partial charge on any atom is 0.298 e. The van der Waals surface area contributed by atoms with Gasteiger partial charge in [-0.15, -0.1) is 0 Å². The normalized spacial score (nSPS) is 18.7. The Labute approximate surface area is 69.1 Å². The first kappa shape index (κ1) is 7.00. The van der Waals surface area contributed by atoms with Gasteiger partial charge < -0.3 is 9.64 Å². The van der Waals surface area contributed by atoms with E-state index in [1.165, 1.54) is 11.7 Å². The van der Waals surface area contributed by atoms with E-state index in [1.807, 2.05) is 6.20 Å². The van der Waals surface area contributed by atoms with Gasteiger partial charge in [0.25, 0.3) is 17.5 Å². The van der Waals surface area contributed by atoms with Gasteiger partial charge in [0.05, 0.1) is 13.2 Å². The molecule has 0 saturated carbocycles. The third kappa shape index (κ3) is 1.49. The van der Waals surface area contributed by atoms with Gasteiger partial charge in [-0.05, 0) is 0 Å². The maximum absolute atomic E-state index is 5.22. The lowest BCUT2D eigenvalue weighted by Gasteiger charge is -2.23. The summed E-state index contributed by atoms with van der Waals surface area (Å²) in [4.78, 5) is 2.22. The minimum Gasteiger partial charge on any atom is -0.378 e. The van der Waals surface area contributed by atoms with E-state index in [9.17, 15) is 0 Å². The summed E-state index contributed by atoms with van der Waals surface area (Å²) in [5.74, 6) is 1.04. The van der Waals surface area contributed by atoms with E-state index in [0.29, 0.717) is 0 Å². The minimum atomic E-state index is 0.817. The number of hydrogen-bond donors (Lipinski definition) is 0. The van der Waals surface area contributed by atoms with Crippen LogP contribution in [0.3, 0.4) is 0 Å². The highest BCUT2D eigenvalue weighted by atomic mass is 32.1. The Hall–Kier alpha value is -0.680. The van der Waals surface area contributed by atoms with E-state index in [1.54, 1.807) is 0 Å². The highest BCUT2D eigenvalue weighted by Gasteiger charge is 2.17. The molecule has 1 saturated heterocycles. The molecule has 1 aromatic heterocycles. The Morgan fingerprint density at radius 3 is 3.00 bits per heavy atom. The molecule has 0 amide bonds. The number of H-pyrrole nitrogens is 1. The van der Waals surface area contributed by atoms with E-state index >= 15 is 0 Å². The molecule has 0 atom stereocenters. The zero-order valence-electron chi connectivity index (χ0n) is 6.12. The topological polar surface area (TPSA) is 39.5 Å². The number of rotatable bonds is 1. The van der Waals surface area contributed by atoms with Crippen molar-refractivity contribution in [1.82, 2.24) is 4.37 Å². The number of nitrogens with one attached hydrogen (secondary N) is 1. The summed E-state index contributed by atoms with van der Waals surface area (Å²) in [7, 11) is 0. The monoisotopic (exact) mass is 172 g/mol. The van der Waals surface area contributed by atoms with Crippen LogP contribution in [-0.2, 0) is 4.74 Å². The fraction of sp³-hybridized carbons (Fsp3) is 0.667. The summed E-state index contributed by atoms with van der Waals surface area (Å²) in [6, 6.07) is 0. The van der Waals surface area contributed by atoms with Gasteiger partial charge in [-0.1, -0.05) is 0 Å². The number of anilines is 1. The Kier molecular flexibility index (Phi) is 2.00. The Morgan fingerprint density at radius 1 is 1.55 bits per heavy atom. The van der Waals surface area contributed by atoms with Crippen LogP contribution in [0.4, 0.5) is 5.82 Å². The molecule has 0 unspecified atom stereocenters. The molecule has 1 fully saturated rings. The molecule has 1 N–H and O–H groups in total. The molecule has 0 bridgehead atoms. The number of nitrogens with zero attached hydrogens (tertiary/aromatic N) is 2. The average Bonchev–Trinajstić information content (AvgIpc) is 2.58. The molecule has 11 heavy (non-hydrogen) atoms. The third-order valence-corrected chi connectivity index (χ3v) is 2.22. The van der Waals surface area contributed by atoms with Crippen LogP contribution in [0.2, 0.25) is 0 Å². The summed E-state index contributed by atoms with van der Waals surface area (Å²) in [6.07, 6.45) is 1.93. The maximum atomic E-state index is 5.22. The fourth-order valence-corrected chi connectivity index (χ4v) is 1.59. The number of hydrogen-bond acceptors (Lipinski definition) is 4. The summed E-state index contributed by atoms with van der Waals surface area (Å²) in [6.45, 7) is 3.55. The molecule has 0 spiro atoms. The van der Waals surface area contributed by atoms with Crippen molar-refractivity contribution in [1.29, 1.82) is 0 Å². The van der Waals surface area contributed by atoms with Crippen LogP contribution in [0.25, 0.3) is 0 Å². The lowest BCUT2D eigenvalue weighted by molar-refractivity contribution is -0.289. The smallest absolute Gasteiger partial charge is 0.298 e. The van der Waals surface area contributed by atoms with Crippen molar-refractivity contribution in [3.05, 3.63) is 6.20 Å². The lowest BCUT2D eigenvalue weighted by Crippen LogP contribution is -2.36. The molecule has 0 aromatic carbocycles. The van der Waals surface area contributed by atoms with Crippen LogP contribution in [0.15, 0.2) is 6.20 Å². The summed E-state index contributed by atoms with van der Waals surface area (Å²) >= 11 is 1.38. The zero-order valence-corrected chi connectivity index (χ0v) is 6.93. The highest BCUT2D eigenvalue weighted by Crippen LogP contribution is 2.09. The van der Waals surface area contributed by atoms with E-state index < -0.39 is 0 Å². The molecule has 0 radical (unpaired) electrons. The molecule has 2 rings (SSSR count). The van der Waals surface area contributed by atoms with Gasteiger partial charge in [0.1, 0.15) is 0 Å². The van der Waals surface area contributed by atoms with Crippen LogP contribution in [-0.4, -0.2) is 30.7 Å². The van der Waals surface area contributed by atoms with Crippen molar-refractivity contribution in [2.45, 2.75) is 0 Å². The van der Waals surface area contributed by atoms with Crippen LogP contribution in [0, 0.1) is 0 Å². The van der Waals surface area contributed by atoms with Crippen molar-refractivity contribution >= 4 is 17.5 Å². The highest BCUT2D eigenvalue weighted by molar-refractivity contribution is 6.94. The molecular weight excluding hydrogens is 162 g/mol. The van der Waals surface area contributed by atoms with Gasteiger partial charge in [-0.25, -0.2) is 0 Å². The van der Waals surface area contributed by atoms with Gasteiger partial charge in [0.15, 0.2) is 6.20 Å². The molecular formula is C6H10N3OS+. The fourth-order valence-electron chi connectivity index (χ4n) is 1.12. The number of aromatic amines is 1. The standard InChI is InChI=1S/C6H9N3OS/c1-3-10-4-2-9(1)6-5-7-11-8-6/h5H,1-4H2/p+1. The zero-order chi connectivity index (χ0) is 7.52. The van der Waals surface area contributed by atoms with Crippen molar-refractivity contribution in [2.75, 3.05) is 31.2 Å². The first-order valence-electron chi connectivity index (χ1n) is 3.62. The Bertz CT molecular complexity index is 208. The van der Waals surface area contributed by atoms with Crippen LogP contribution >= 0.6 is 11.7 Å². The van der Waals surface area contributed by atoms with Crippen LogP contribution < -0.4 is 9.27 Å². The lowest BCUT2D eigenvalue weighted by atomic mass is 10.4. The minimum absolute atomic E-state index is 0.817. The van der Waals surface area contributed by atoms with Gasteiger partial charge in [-0.3, -0.25) is 0 Å². The number of ether oxygens (including phenoxy) is 1. The van der Waals surface area contributed by atoms with Crippen molar-refractivity contribution in [3.63, 3.8) is 0 Å². The van der Waals surface area contributed by atoms with Gasteiger partial charge >= 0.3 is 0 Å². The summed E-state index contributed by atoms with van der Waals surface area (Å²) < 4.78 is 12.4. The molecule has 2 heterocycles. The predicted molar refractivity (Wildman–Crippen MR) is 41.7 cm³/mol. The Morgan fingerprint density at radius 2 is 2.36 bits per heavy atom. The second-order valence-electron chi connectivity index (χ2n) is 2.40. The molecule has 5 heteroatoms. The number of morpholine rings is 1. The van der Waals surface area contributed by atoms with E-state index in [-0.39, 0.29) is 0 Å². The second-order valence-corrected chi connectivity index (χ2v) is 3.00. The first-order chi connectivity index (χ1) is 5.47. The third-order valence-electron chi connectivity index (χ3n) is 1.71. The SMILES string of the molecule is c1[nH+]snc1N1CCOCC1. The molecule has 1 aliphatic rings. The average molecular weight is 172 g/mol. The quantitative estimate of drug-likeness (QED) is 0.588. The Balaban J connectivity index is 2.04. The van der Waals surface area contributed by atoms with Crippen molar-refractivity contribution in [3.8, 4) is 0 Å². The van der Waals surface area contributed by atoms with Gasteiger partial charge in [0.2, 0.25) is 0 Å². The molecule has 1 aliphatic heterocycles. The van der Waals surface area contributed by atoms with Crippen molar-refractivity contribution in [2.24, 2.45) is 0 Å². The van der Waals surface area contributed by atoms with Gasteiger partial charge in [0, 0.05) is 17.5 Å². The molecule has 60 valence electrons. The molecule has 0 aliphatic carbocycles. The van der Waals surface area contributed by atoms with E-state index in [4.69, 9.17) is 4.74 Å². The largest absolute Gasteiger partial charge is 0.378 e.